The van der Waals surface area contributed by atoms with Crippen LogP contribution >= 0.6 is 0 Å². The van der Waals surface area contributed by atoms with Gasteiger partial charge in [0, 0.05) is 12.0 Å². The van der Waals surface area contributed by atoms with Gasteiger partial charge in [0.25, 0.3) is 0 Å². The fraction of sp³-hybridized carbons (Fsp3) is 1.00. The van der Waals surface area contributed by atoms with E-state index in [1.807, 2.05) is 0 Å². The lowest BCUT2D eigenvalue weighted by Crippen LogP contribution is -2.51. The van der Waals surface area contributed by atoms with E-state index < -0.39 is 0 Å². The molecule has 2 rings (SSSR count). The number of aliphatic hydroxyl groups excluding tert-OH is 1. The van der Waals surface area contributed by atoms with Gasteiger partial charge >= 0.3 is 0 Å². The number of hydrogen-bond donors (Lipinski definition) is 1. The van der Waals surface area contributed by atoms with Gasteiger partial charge in [-0.3, -0.25) is 0 Å². The normalized spacial score (nSPS) is 29.2. The van der Waals surface area contributed by atoms with Crippen LogP contribution in [0.5, 0.6) is 0 Å². The molecule has 0 aromatic carbocycles. The Morgan fingerprint density at radius 1 is 1.36 bits per heavy atom. The smallest absolute Gasteiger partial charge is 0.0548 e. The first-order valence-electron chi connectivity index (χ1n) is 4.56. The fourth-order valence-corrected chi connectivity index (χ4v) is 2.19. The molecule has 2 nitrogen and oxygen atoms in total. The lowest BCUT2D eigenvalue weighted by molar-refractivity contribution is -0.170. The van der Waals surface area contributed by atoms with E-state index in [0.29, 0.717) is 12.0 Å². The Morgan fingerprint density at radius 3 is 2.36 bits per heavy atom. The van der Waals surface area contributed by atoms with Crippen molar-refractivity contribution in [2.45, 2.75) is 25.7 Å². The van der Waals surface area contributed by atoms with Crippen molar-refractivity contribution in [3.63, 3.8) is 0 Å². The lowest BCUT2D eigenvalue weighted by atomic mass is 9.62. The van der Waals surface area contributed by atoms with Crippen LogP contribution < -0.4 is 0 Å². The lowest BCUT2D eigenvalue weighted by Gasteiger charge is -2.50. The summed E-state index contributed by atoms with van der Waals surface area (Å²) in [5.41, 5.74) is 0.396. The van der Waals surface area contributed by atoms with E-state index in [4.69, 9.17) is 9.84 Å². The third kappa shape index (κ3) is 1.09. The summed E-state index contributed by atoms with van der Waals surface area (Å²) in [5.74, 6) is 0.864. The predicted molar refractivity (Wildman–Crippen MR) is 42.3 cm³/mol. The van der Waals surface area contributed by atoms with E-state index in [0.717, 1.165) is 25.6 Å². The molecule has 2 heteroatoms. The van der Waals surface area contributed by atoms with E-state index in [9.17, 15) is 0 Å². The second-order valence-corrected chi connectivity index (χ2v) is 3.96. The molecule has 64 valence electrons. The monoisotopic (exact) mass is 156 g/mol. The Balaban J connectivity index is 1.92. The van der Waals surface area contributed by atoms with E-state index in [1.54, 1.807) is 0 Å². The van der Waals surface area contributed by atoms with E-state index in [1.165, 1.54) is 19.3 Å². The second kappa shape index (κ2) is 2.76. The zero-order chi connectivity index (χ0) is 7.73. The maximum Gasteiger partial charge on any atom is 0.0548 e. The summed E-state index contributed by atoms with van der Waals surface area (Å²) >= 11 is 0. The molecule has 1 saturated carbocycles. The van der Waals surface area contributed by atoms with Crippen LogP contribution in [-0.4, -0.2) is 24.9 Å². The first kappa shape index (κ1) is 7.56. The highest BCUT2D eigenvalue weighted by atomic mass is 16.5. The Labute approximate surface area is 67.6 Å². The minimum atomic E-state index is 0.333. The van der Waals surface area contributed by atoms with Crippen LogP contribution in [0.25, 0.3) is 0 Å². The van der Waals surface area contributed by atoms with E-state index in [-0.39, 0.29) is 0 Å². The van der Waals surface area contributed by atoms with E-state index >= 15 is 0 Å². The van der Waals surface area contributed by atoms with Crippen molar-refractivity contribution in [3.05, 3.63) is 0 Å². The van der Waals surface area contributed by atoms with Crippen LogP contribution in [0.4, 0.5) is 0 Å². The molecule has 0 aromatic heterocycles. The molecule has 1 aliphatic carbocycles. The SMILES string of the molecule is OCCC1(C2CCC2)COC1. The summed E-state index contributed by atoms with van der Waals surface area (Å²) in [4.78, 5) is 0. The number of aliphatic hydroxyl groups is 1. The standard InChI is InChI=1S/C9H16O2/c10-5-4-9(6-11-7-9)8-2-1-3-8/h8,10H,1-7H2. The molecule has 0 radical (unpaired) electrons. The summed E-state index contributed by atoms with van der Waals surface area (Å²) in [7, 11) is 0. The summed E-state index contributed by atoms with van der Waals surface area (Å²) in [6, 6.07) is 0. The summed E-state index contributed by atoms with van der Waals surface area (Å²) < 4.78 is 5.24. The van der Waals surface area contributed by atoms with Gasteiger partial charge in [-0.05, 0) is 25.2 Å². The second-order valence-electron chi connectivity index (χ2n) is 3.96. The Morgan fingerprint density at radius 2 is 2.09 bits per heavy atom. The molecule has 0 unspecified atom stereocenters. The topological polar surface area (TPSA) is 29.5 Å². The minimum Gasteiger partial charge on any atom is -0.396 e. The molecule has 0 atom stereocenters. The first-order valence-corrected chi connectivity index (χ1v) is 4.56. The van der Waals surface area contributed by atoms with Crippen molar-refractivity contribution in [3.8, 4) is 0 Å². The van der Waals surface area contributed by atoms with Crippen LogP contribution in [0, 0.1) is 11.3 Å². The maximum atomic E-state index is 8.88. The zero-order valence-electron chi connectivity index (χ0n) is 6.88. The van der Waals surface area contributed by atoms with Crippen molar-refractivity contribution < 1.29 is 9.84 Å². The average Bonchev–Trinajstić information content (AvgIpc) is 1.79. The van der Waals surface area contributed by atoms with Crippen LogP contribution in [0.1, 0.15) is 25.7 Å². The largest absolute Gasteiger partial charge is 0.396 e. The van der Waals surface area contributed by atoms with Gasteiger partial charge in [0.2, 0.25) is 0 Å². The molecular formula is C9H16O2. The Kier molecular flexibility index (Phi) is 1.90. The predicted octanol–water partition coefficient (Wildman–Crippen LogP) is 1.19. The van der Waals surface area contributed by atoms with E-state index in [2.05, 4.69) is 0 Å². The quantitative estimate of drug-likeness (QED) is 0.665. The number of hydrogen-bond acceptors (Lipinski definition) is 2. The van der Waals surface area contributed by atoms with Gasteiger partial charge < -0.3 is 9.84 Å². The highest BCUT2D eigenvalue weighted by Crippen LogP contribution is 2.48. The molecule has 1 saturated heterocycles. The van der Waals surface area contributed by atoms with Gasteiger partial charge in [-0.15, -0.1) is 0 Å². The molecule has 1 aliphatic heterocycles. The summed E-state index contributed by atoms with van der Waals surface area (Å²) in [6.45, 7) is 2.14. The van der Waals surface area contributed by atoms with Gasteiger partial charge in [-0.25, -0.2) is 0 Å². The van der Waals surface area contributed by atoms with Crippen molar-refractivity contribution in [2.75, 3.05) is 19.8 Å². The Hall–Kier alpha value is -0.0800. The average molecular weight is 156 g/mol. The molecule has 1 N–H and O–H groups in total. The molecule has 0 aromatic rings. The number of ether oxygens (including phenoxy) is 1. The van der Waals surface area contributed by atoms with Crippen LogP contribution in [0.2, 0.25) is 0 Å². The van der Waals surface area contributed by atoms with Crippen molar-refractivity contribution in [1.82, 2.24) is 0 Å². The molecule has 1 heterocycles. The fourth-order valence-electron chi connectivity index (χ4n) is 2.19. The Bertz CT molecular complexity index is 136. The zero-order valence-corrected chi connectivity index (χ0v) is 6.88. The molecule has 0 bridgehead atoms. The van der Waals surface area contributed by atoms with Crippen molar-refractivity contribution >= 4 is 0 Å². The van der Waals surface area contributed by atoms with Gasteiger partial charge in [-0.2, -0.15) is 0 Å². The third-order valence-electron chi connectivity index (χ3n) is 3.36. The van der Waals surface area contributed by atoms with Crippen LogP contribution in [0.3, 0.4) is 0 Å². The molecule has 11 heavy (non-hydrogen) atoms. The van der Waals surface area contributed by atoms with Crippen molar-refractivity contribution in [1.29, 1.82) is 0 Å². The van der Waals surface area contributed by atoms with Gasteiger partial charge in [0.05, 0.1) is 13.2 Å². The highest BCUT2D eigenvalue weighted by Gasteiger charge is 2.46. The molecule has 0 amide bonds. The molecule has 2 fully saturated rings. The van der Waals surface area contributed by atoms with Gasteiger partial charge in [-0.1, -0.05) is 6.42 Å². The van der Waals surface area contributed by atoms with Crippen molar-refractivity contribution in [2.24, 2.45) is 11.3 Å². The molecular weight excluding hydrogens is 140 g/mol. The minimum absolute atomic E-state index is 0.333. The third-order valence-corrected chi connectivity index (χ3v) is 3.36. The highest BCUT2D eigenvalue weighted by molar-refractivity contribution is 4.95. The van der Waals surface area contributed by atoms with Gasteiger partial charge in [0.15, 0.2) is 0 Å². The summed E-state index contributed by atoms with van der Waals surface area (Å²) in [6.07, 6.45) is 5.07. The maximum absolute atomic E-state index is 8.88. The summed E-state index contributed by atoms with van der Waals surface area (Å²) in [5, 5.41) is 8.88. The first-order chi connectivity index (χ1) is 5.37. The molecule has 2 aliphatic rings. The van der Waals surface area contributed by atoms with Crippen LogP contribution in [-0.2, 0) is 4.74 Å². The number of rotatable bonds is 3. The van der Waals surface area contributed by atoms with Crippen LogP contribution in [0.15, 0.2) is 0 Å². The molecule has 0 spiro atoms. The van der Waals surface area contributed by atoms with Gasteiger partial charge in [0.1, 0.15) is 0 Å².